The Morgan fingerprint density at radius 1 is 1.47 bits per heavy atom. The van der Waals surface area contributed by atoms with Gasteiger partial charge in [0.05, 0.1) is 5.56 Å². The summed E-state index contributed by atoms with van der Waals surface area (Å²) in [6, 6.07) is 2.18. The molecule has 1 atom stereocenters. The lowest BCUT2D eigenvalue weighted by atomic mass is 10.2. The number of carbonyl (C=O) groups is 1. The SMILES string of the molecule is C[C@@H]1CN(C(=O)c2ccc(C(F)(F)F)cn2)CCN1. The average Bonchev–Trinajstić information content (AvgIpc) is 2.37. The molecule has 1 aromatic heterocycles. The molecule has 0 aromatic carbocycles. The number of halogens is 3. The molecule has 0 saturated carbocycles. The summed E-state index contributed by atoms with van der Waals surface area (Å²) in [4.78, 5) is 17.3. The summed E-state index contributed by atoms with van der Waals surface area (Å²) in [5, 5.41) is 3.18. The molecular formula is C12H14F3N3O. The average molecular weight is 273 g/mol. The first kappa shape index (κ1) is 13.8. The van der Waals surface area contributed by atoms with Crippen LogP contribution in [0.3, 0.4) is 0 Å². The Bertz CT molecular complexity index is 458. The topological polar surface area (TPSA) is 45.2 Å². The van der Waals surface area contributed by atoms with E-state index in [4.69, 9.17) is 0 Å². The Hall–Kier alpha value is -1.63. The van der Waals surface area contributed by atoms with Crippen LogP contribution in [0.2, 0.25) is 0 Å². The zero-order valence-electron chi connectivity index (χ0n) is 10.4. The molecule has 104 valence electrons. The second kappa shape index (κ2) is 5.16. The Morgan fingerprint density at radius 3 is 2.74 bits per heavy atom. The summed E-state index contributed by atoms with van der Waals surface area (Å²) in [5.74, 6) is -0.331. The molecule has 0 unspecified atom stereocenters. The van der Waals surface area contributed by atoms with Crippen molar-refractivity contribution in [2.24, 2.45) is 0 Å². The Balaban J connectivity index is 2.11. The molecule has 1 saturated heterocycles. The molecule has 1 fully saturated rings. The third kappa shape index (κ3) is 3.23. The lowest BCUT2D eigenvalue weighted by Crippen LogP contribution is -2.51. The van der Waals surface area contributed by atoms with E-state index >= 15 is 0 Å². The minimum absolute atomic E-state index is 0.0436. The summed E-state index contributed by atoms with van der Waals surface area (Å²) in [6.45, 7) is 3.68. The number of piperazine rings is 1. The quantitative estimate of drug-likeness (QED) is 0.844. The molecule has 1 amide bonds. The standard InChI is InChI=1S/C12H14F3N3O/c1-8-7-18(5-4-16-8)11(19)10-3-2-9(6-17-10)12(13,14)15/h2-3,6,8,16H,4-5,7H2,1H3/t8-/m1/s1. The van der Waals surface area contributed by atoms with Gasteiger partial charge in [-0.15, -0.1) is 0 Å². The fourth-order valence-corrected chi connectivity index (χ4v) is 1.97. The minimum atomic E-state index is -4.43. The van der Waals surface area contributed by atoms with Gasteiger partial charge in [0, 0.05) is 31.9 Å². The summed E-state index contributed by atoms with van der Waals surface area (Å²) in [5.41, 5.74) is -0.806. The molecule has 2 rings (SSSR count). The van der Waals surface area contributed by atoms with Gasteiger partial charge in [0.1, 0.15) is 5.69 Å². The van der Waals surface area contributed by atoms with E-state index in [0.29, 0.717) is 25.8 Å². The molecule has 1 aliphatic rings. The Labute approximate surface area is 108 Å². The number of nitrogens with zero attached hydrogens (tertiary/aromatic N) is 2. The minimum Gasteiger partial charge on any atom is -0.334 e. The van der Waals surface area contributed by atoms with Gasteiger partial charge in [0.25, 0.3) is 5.91 Å². The summed E-state index contributed by atoms with van der Waals surface area (Å²) in [7, 11) is 0. The van der Waals surface area contributed by atoms with Crippen LogP contribution in [-0.4, -0.2) is 41.5 Å². The van der Waals surface area contributed by atoms with Gasteiger partial charge in [-0.2, -0.15) is 13.2 Å². The van der Waals surface area contributed by atoms with Crippen molar-refractivity contribution in [3.63, 3.8) is 0 Å². The van der Waals surface area contributed by atoms with E-state index in [9.17, 15) is 18.0 Å². The largest absolute Gasteiger partial charge is 0.417 e. The first-order chi connectivity index (χ1) is 8.88. The molecule has 0 bridgehead atoms. The van der Waals surface area contributed by atoms with Crippen molar-refractivity contribution >= 4 is 5.91 Å². The summed E-state index contributed by atoms with van der Waals surface area (Å²) >= 11 is 0. The molecule has 0 radical (unpaired) electrons. The molecular weight excluding hydrogens is 259 g/mol. The van der Waals surface area contributed by atoms with Crippen molar-refractivity contribution in [2.75, 3.05) is 19.6 Å². The van der Waals surface area contributed by atoms with Gasteiger partial charge < -0.3 is 10.2 Å². The van der Waals surface area contributed by atoms with Crippen molar-refractivity contribution in [3.8, 4) is 0 Å². The van der Waals surface area contributed by atoms with E-state index in [1.807, 2.05) is 6.92 Å². The molecule has 1 N–H and O–H groups in total. The molecule has 7 heteroatoms. The maximum absolute atomic E-state index is 12.4. The lowest BCUT2D eigenvalue weighted by molar-refractivity contribution is -0.137. The second-order valence-electron chi connectivity index (χ2n) is 4.54. The fraction of sp³-hybridized carbons (Fsp3) is 0.500. The third-order valence-electron chi connectivity index (χ3n) is 2.97. The van der Waals surface area contributed by atoms with Crippen LogP contribution in [0.25, 0.3) is 0 Å². The maximum Gasteiger partial charge on any atom is 0.417 e. The van der Waals surface area contributed by atoms with Gasteiger partial charge in [0.2, 0.25) is 0 Å². The van der Waals surface area contributed by atoms with Crippen LogP contribution in [0.1, 0.15) is 23.0 Å². The highest BCUT2D eigenvalue weighted by Crippen LogP contribution is 2.28. The normalized spacial score (nSPS) is 20.4. The van der Waals surface area contributed by atoms with E-state index in [-0.39, 0.29) is 17.6 Å². The number of amides is 1. The third-order valence-corrected chi connectivity index (χ3v) is 2.97. The van der Waals surface area contributed by atoms with E-state index < -0.39 is 11.7 Å². The van der Waals surface area contributed by atoms with Crippen molar-refractivity contribution in [3.05, 3.63) is 29.6 Å². The highest BCUT2D eigenvalue weighted by Gasteiger charge is 2.31. The molecule has 1 aromatic rings. The van der Waals surface area contributed by atoms with Gasteiger partial charge in [0.15, 0.2) is 0 Å². The number of aromatic nitrogens is 1. The zero-order valence-corrected chi connectivity index (χ0v) is 10.4. The summed E-state index contributed by atoms with van der Waals surface area (Å²) < 4.78 is 37.1. The van der Waals surface area contributed by atoms with Crippen LogP contribution >= 0.6 is 0 Å². The smallest absolute Gasteiger partial charge is 0.334 e. The van der Waals surface area contributed by atoms with Gasteiger partial charge in [-0.25, -0.2) is 0 Å². The first-order valence-electron chi connectivity index (χ1n) is 5.94. The molecule has 0 spiro atoms. The predicted octanol–water partition coefficient (Wildman–Crippen LogP) is 1.53. The molecule has 2 heterocycles. The van der Waals surface area contributed by atoms with Crippen LogP contribution in [0.4, 0.5) is 13.2 Å². The van der Waals surface area contributed by atoms with E-state index in [2.05, 4.69) is 10.3 Å². The highest BCUT2D eigenvalue weighted by atomic mass is 19.4. The zero-order chi connectivity index (χ0) is 14.0. The number of alkyl halides is 3. The van der Waals surface area contributed by atoms with E-state index in [0.717, 1.165) is 12.1 Å². The highest BCUT2D eigenvalue weighted by molar-refractivity contribution is 5.92. The van der Waals surface area contributed by atoms with Crippen LogP contribution in [0.15, 0.2) is 18.3 Å². The van der Waals surface area contributed by atoms with Crippen LogP contribution in [0.5, 0.6) is 0 Å². The molecule has 0 aliphatic carbocycles. The van der Waals surface area contributed by atoms with Crippen LogP contribution < -0.4 is 5.32 Å². The summed E-state index contributed by atoms with van der Waals surface area (Å²) in [6.07, 6.45) is -3.74. The van der Waals surface area contributed by atoms with E-state index in [1.54, 1.807) is 4.90 Å². The maximum atomic E-state index is 12.4. The number of rotatable bonds is 1. The number of carbonyl (C=O) groups excluding carboxylic acids is 1. The first-order valence-corrected chi connectivity index (χ1v) is 5.94. The molecule has 4 nitrogen and oxygen atoms in total. The predicted molar refractivity (Wildman–Crippen MR) is 62.6 cm³/mol. The van der Waals surface area contributed by atoms with Gasteiger partial charge >= 0.3 is 6.18 Å². The van der Waals surface area contributed by atoms with E-state index in [1.165, 1.54) is 0 Å². The fourth-order valence-electron chi connectivity index (χ4n) is 1.97. The molecule has 19 heavy (non-hydrogen) atoms. The second-order valence-corrected chi connectivity index (χ2v) is 4.54. The number of hydrogen-bond donors (Lipinski definition) is 1. The Morgan fingerprint density at radius 2 is 2.21 bits per heavy atom. The van der Waals surface area contributed by atoms with Gasteiger partial charge in [-0.3, -0.25) is 9.78 Å². The van der Waals surface area contributed by atoms with Crippen molar-refractivity contribution in [2.45, 2.75) is 19.1 Å². The van der Waals surface area contributed by atoms with Crippen LogP contribution in [0, 0.1) is 0 Å². The number of nitrogens with one attached hydrogen (secondary N) is 1. The Kier molecular flexibility index (Phi) is 3.75. The molecule has 1 aliphatic heterocycles. The van der Waals surface area contributed by atoms with Gasteiger partial charge in [-0.1, -0.05) is 0 Å². The lowest BCUT2D eigenvalue weighted by Gasteiger charge is -2.31. The van der Waals surface area contributed by atoms with Gasteiger partial charge in [-0.05, 0) is 19.1 Å². The number of pyridine rings is 1. The van der Waals surface area contributed by atoms with Crippen molar-refractivity contribution in [1.29, 1.82) is 0 Å². The number of hydrogen-bond acceptors (Lipinski definition) is 3. The monoisotopic (exact) mass is 273 g/mol. The van der Waals surface area contributed by atoms with Crippen LogP contribution in [-0.2, 0) is 6.18 Å². The van der Waals surface area contributed by atoms with Crippen molar-refractivity contribution in [1.82, 2.24) is 15.2 Å². The van der Waals surface area contributed by atoms with Crippen molar-refractivity contribution < 1.29 is 18.0 Å².